The van der Waals surface area contributed by atoms with E-state index in [2.05, 4.69) is 29.1 Å². The molecular formula is C15H25N3O2. The molecule has 1 atom stereocenters. The molecule has 1 N–H and O–H groups in total. The zero-order valence-corrected chi connectivity index (χ0v) is 12.7. The van der Waals surface area contributed by atoms with Crippen molar-refractivity contribution in [3.8, 4) is 5.88 Å². The minimum Gasteiger partial charge on any atom is -0.475 e. The van der Waals surface area contributed by atoms with E-state index < -0.39 is 0 Å². The molecule has 0 radical (unpaired) electrons. The molecule has 0 saturated carbocycles. The summed E-state index contributed by atoms with van der Waals surface area (Å²) in [5.41, 5.74) is 0. The van der Waals surface area contributed by atoms with E-state index in [0.717, 1.165) is 37.6 Å². The molecule has 0 amide bonds. The first kappa shape index (κ1) is 15.0. The van der Waals surface area contributed by atoms with Gasteiger partial charge in [-0.3, -0.25) is 0 Å². The Hall–Kier alpha value is -1.36. The van der Waals surface area contributed by atoms with Crippen molar-refractivity contribution in [3.63, 3.8) is 0 Å². The maximum absolute atomic E-state index is 5.81. The molecular weight excluding hydrogens is 254 g/mol. The lowest BCUT2D eigenvalue weighted by atomic mass is 10.1. The summed E-state index contributed by atoms with van der Waals surface area (Å²) in [5.74, 6) is 2.55. The molecule has 5 nitrogen and oxygen atoms in total. The number of nitrogens with zero attached hydrogens (tertiary/aromatic N) is 2. The van der Waals surface area contributed by atoms with Crippen LogP contribution in [0.1, 0.15) is 51.8 Å². The fourth-order valence-corrected chi connectivity index (χ4v) is 2.16. The van der Waals surface area contributed by atoms with Crippen molar-refractivity contribution in [3.05, 3.63) is 11.9 Å². The van der Waals surface area contributed by atoms with Gasteiger partial charge in [0.15, 0.2) is 0 Å². The van der Waals surface area contributed by atoms with Crippen LogP contribution >= 0.6 is 0 Å². The van der Waals surface area contributed by atoms with E-state index in [1.165, 1.54) is 6.42 Å². The number of hydrogen-bond acceptors (Lipinski definition) is 5. The summed E-state index contributed by atoms with van der Waals surface area (Å²) in [4.78, 5) is 8.95. The van der Waals surface area contributed by atoms with Gasteiger partial charge in [0.2, 0.25) is 5.88 Å². The van der Waals surface area contributed by atoms with Crippen molar-refractivity contribution in [2.45, 2.75) is 52.1 Å². The molecule has 1 aromatic rings. The lowest BCUT2D eigenvalue weighted by Crippen LogP contribution is -2.26. The van der Waals surface area contributed by atoms with Gasteiger partial charge < -0.3 is 14.8 Å². The number of anilines is 1. The van der Waals surface area contributed by atoms with Gasteiger partial charge in [-0.2, -0.15) is 4.98 Å². The second-order valence-corrected chi connectivity index (χ2v) is 5.43. The first-order valence-corrected chi connectivity index (χ1v) is 7.56. The van der Waals surface area contributed by atoms with Crippen LogP contribution in [0.5, 0.6) is 5.88 Å². The minimum absolute atomic E-state index is 0.198. The van der Waals surface area contributed by atoms with Crippen molar-refractivity contribution in [2.24, 2.45) is 0 Å². The Labute approximate surface area is 121 Å². The van der Waals surface area contributed by atoms with Crippen LogP contribution in [0.15, 0.2) is 6.07 Å². The van der Waals surface area contributed by atoms with E-state index in [4.69, 9.17) is 9.47 Å². The Balaban J connectivity index is 2.01. The zero-order valence-electron chi connectivity index (χ0n) is 12.7. The number of rotatable bonds is 6. The van der Waals surface area contributed by atoms with Crippen molar-refractivity contribution in [2.75, 3.05) is 25.1 Å². The molecule has 5 heteroatoms. The molecule has 0 spiro atoms. The van der Waals surface area contributed by atoms with Gasteiger partial charge in [-0.05, 0) is 26.2 Å². The maximum Gasteiger partial charge on any atom is 0.218 e. The topological polar surface area (TPSA) is 56.3 Å². The van der Waals surface area contributed by atoms with Crippen LogP contribution in [-0.4, -0.2) is 35.8 Å². The lowest BCUT2D eigenvalue weighted by molar-refractivity contribution is -0.0120. The molecule has 1 saturated heterocycles. The molecule has 20 heavy (non-hydrogen) atoms. The third-order valence-corrected chi connectivity index (χ3v) is 3.29. The van der Waals surface area contributed by atoms with E-state index in [-0.39, 0.29) is 12.0 Å². The summed E-state index contributed by atoms with van der Waals surface area (Å²) in [6, 6.07) is 1.86. The number of nitrogens with one attached hydrogen (secondary N) is 1. The highest BCUT2D eigenvalue weighted by atomic mass is 16.5. The van der Waals surface area contributed by atoms with E-state index in [1.54, 1.807) is 0 Å². The van der Waals surface area contributed by atoms with E-state index in [1.807, 2.05) is 13.0 Å². The number of aromatic nitrogens is 2. The van der Waals surface area contributed by atoms with Gasteiger partial charge in [-0.25, -0.2) is 4.98 Å². The van der Waals surface area contributed by atoms with Crippen molar-refractivity contribution < 1.29 is 9.47 Å². The number of ether oxygens (including phenoxy) is 2. The third kappa shape index (κ3) is 4.34. The molecule has 0 aliphatic carbocycles. The van der Waals surface area contributed by atoms with Gasteiger partial charge in [-0.15, -0.1) is 0 Å². The van der Waals surface area contributed by atoms with Crippen LogP contribution in [0.2, 0.25) is 0 Å². The average Bonchev–Trinajstić information content (AvgIpc) is 2.46. The van der Waals surface area contributed by atoms with Crippen LogP contribution < -0.4 is 10.1 Å². The van der Waals surface area contributed by atoms with Gasteiger partial charge in [0.05, 0.1) is 6.10 Å². The highest BCUT2D eigenvalue weighted by Crippen LogP contribution is 2.20. The lowest BCUT2D eigenvalue weighted by Gasteiger charge is -2.22. The Kier molecular flexibility index (Phi) is 5.59. The summed E-state index contributed by atoms with van der Waals surface area (Å²) in [5, 5.41) is 3.22. The first-order valence-electron chi connectivity index (χ1n) is 7.56. The monoisotopic (exact) mass is 279 g/mol. The molecule has 1 fully saturated rings. The van der Waals surface area contributed by atoms with Gasteiger partial charge >= 0.3 is 0 Å². The summed E-state index contributed by atoms with van der Waals surface area (Å²) in [6.07, 6.45) is 3.65. The van der Waals surface area contributed by atoms with Gasteiger partial charge in [0.1, 0.15) is 18.2 Å². The Bertz CT molecular complexity index is 418. The predicted molar refractivity (Wildman–Crippen MR) is 79.4 cm³/mol. The standard InChI is InChI=1S/C15H25N3O2/c1-4-16-13-9-14(18-15(17-13)11(2)3)20-10-12-7-5-6-8-19-12/h9,11-12H,4-8,10H2,1-3H3,(H,16,17,18). The molecule has 2 heterocycles. The molecule has 2 rings (SSSR count). The SMILES string of the molecule is CCNc1cc(OCC2CCCCO2)nc(C(C)C)n1. The minimum atomic E-state index is 0.198. The normalized spacial score (nSPS) is 19.1. The molecule has 1 unspecified atom stereocenters. The van der Waals surface area contributed by atoms with Gasteiger partial charge in [0, 0.05) is 25.1 Å². The molecule has 1 aliphatic rings. The van der Waals surface area contributed by atoms with E-state index in [0.29, 0.717) is 12.5 Å². The number of hydrogen-bond donors (Lipinski definition) is 1. The third-order valence-electron chi connectivity index (χ3n) is 3.29. The molecule has 112 valence electrons. The second kappa shape index (κ2) is 7.43. The van der Waals surface area contributed by atoms with Crippen LogP contribution in [0.4, 0.5) is 5.82 Å². The maximum atomic E-state index is 5.81. The Morgan fingerprint density at radius 2 is 2.25 bits per heavy atom. The highest BCUT2D eigenvalue weighted by molar-refractivity contribution is 5.38. The second-order valence-electron chi connectivity index (χ2n) is 5.43. The van der Waals surface area contributed by atoms with E-state index in [9.17, 15) is 0 Å². The van der Waals surface area contributed by atoms with Crippen molar-refractivity contribution >= 4 is 5.82 Å². The van der Waals surface area contributed by atoms with Crippen LogP contribution in [0.25, 0.3) is 0 Å². The fourth-order valence-electron chi connectivity index (χ4n) is 2.16. The van der Waals surface area contributed by atoms with Crippen LogP contribution in [0, 0.1) is 0 Å². The molecule has 1 aliphatic heterocycles. The van der Waals surface area contributed by atoms with Gasteiger partial charge in [0.25, 0.3) is 0 Å². The average molecular weight is 279 g/mol. The van der Waals surface area contributed by atoms with Crippen molar-refractivity contribution in [1.29, 1.82) is 0 Å². The molecule has 0 bridgehead atoms. The van der Waals surface area contributed by atoms with E-state index >= 15 is 0 Å². The summed E-state index contributed by atoms with van der Waals surface area (Å²) >= 11 is 0. The van der Waals surface area contributed by atoms with Crippen LogP contribution in [-0.2, 0) is 4.74 Å². The smallest absolute Gasteiger partial charge is 0.218 e. The Morgan fingerprint density at radius 3 is 2.90 bits per heavy atom. The summed E-state index contributed by atoms with van der Waals surface area (Å²) in [6.45, 7) is 8.46. The predicted octanol–water partition coefficient (Wildman–Crippen LogP) is 2.98. The Morgan fingerprint density at radius 1 is 1.40 bits per heavy atom. The zero-order chi connectivity index (χ0) is 14.4. The first-order chi connectivity index (χ1) is 9.69. The fraction of sp³-hybridized carbons (Fsp3) is 0.733. The van der Waals surface area contributed by atoms with Crippen LogP contribution in [0.3, 0.4) is 0 Å². The largest absolute Gasteiger partial charge is 0.475 e. The highest BCUT2D eigenvalue weighted by Gasteiger charge is 2.15. The summed E-state index contributed by atoms with van der Waals surface area (Å²) < 4.78 is 11.5. The van der Waals surface area contributed by atoms with Crippen molar-refractivity contribution in [1.82, 2.24) is 9.97 Å². The van der Waals surface area contributed by atoms with Gasteiger partial charge in [-0.1, -0.05) is 13.8 Å². The quantitative estimate of drug-likeness (QED) is 0.867. The molecule has 0 aromatic carbocycles. The summed E-state index contributed by atoms with van der Waals surface area (Å²) in [7, 11) is 0. The molecule has 1 aromatic heterocycles.